The third-order valence-corrected chi connectivity index (χ3v) is 5.11. The van der Waals surface area contributed by atoms with Gasteiger partial charge in [-0.05, 0) is 78.8 Å². The van der Waals surface area contributed by atoms with Crippen LogP contribution in [0.1, 0.15) is 36.0 Å². The first-order chi connectivity index (χ1) is 10.1. The SMILES string of the molecule is NC(=O)c1ccc(N(CC2CCNCC2)C2CC2)cc1Br. The molecule has 1 heterocycles. The molecule has 0 radical (unpaired) electrons. The average molecular weight is 352 g/mol. The van der Waals surface area contributed by atoms with Crippen LogP contribution in [0.2, 0.25) is 0 Å². The van der Waals surface area contributed by atoms with Crippen LogP contribution in [0.4, 0.5) is 5.69 Å². The Bertz CT molecular complexity index is 524. The molecule has 1 aromatic rings. The topological polar surface area (TPSA) is 58.4 Å². The summed E-state index contributed by atoms with van der Waals surface area (Å²) in [7, 11) is 0. The zero-order chi connectivity index (χ0) is 14.8. The summed E-state index contributed by atoms with van der Waals surface area (Å²) >= 11 is 3.47. The van der Waals surface area contributed by atoms with E-state index >= 15 is 0 Å². The lowest BCUT2D eigenvalue weighted by Crippen LogP contribution is -2.37. The van der Waals surface area contributed by atoms with E-state index < -0.39 is 0 Å². The summed E-state index contributed by atoms with van der Waals surface area (Å²) in [6.07, 6.45) is 5.06. The van der Waals surface area contributed by atoms with Crippen LogP contribution < -0.4 is 16.0 Å². The fourth-order valence-electron chi connectivity index (χ4n) is 3.08. The summed E-state index contributed by atoms with van der Waals surface area (Å²) in [6.45, 7) is 3.38. The van der Waals surface area contributed by atoms with Crippen molar-refractivity contribution in [1.82, 2.24) is 5.32 Å². The second kappa shape index (κ2) is 6.36. The molecule has 3 rings (SSSR count). The maximum atomic E-state index is 11.3. The van der Waals surface area contributed by atoms with Gasteiger partial charge in [0.1, 0.15) is 0 Å². The largest absolute Gasteiger partial charge is 0.368 e. The third-order valence-electron chi connectivity index (χ3n) is 4.45. The molecule has 1 amide bonds. The van der Waals surface area contributed by atoms with Crippen LogP contribution in [-0.2, 0) is 0 Å². The summed E-state index contributed by atoms with van der Waals surface area (Å²) in [5.41, 5.74) is 7.13. The van der Waals surface area contributed by atoms with Gasteiger partial charge in [-0.15, -0.1) is 0 Å². The molecule has 0 aromatic heterocycles. The second-order valence-electron chi connectivity index (χ2n) is 6.11. The van der Waals surface area contributed by atoms with Gasteiger partial charge in [-0.3, -0.25) is 4.79 Å². The molecule has 0 spiro atoms. The molecule has 1 saturated carbocycles. The van der Waals surface area contributed by atoms with Crippen molar-refractivity contribution < 1.29 is 4.79 Å². The van der Waals surface area contributed by atoms with Crippen molar-refractivity contribution in [2.45, 2.75) is 31.7 Å². The highest BCUT2D eigenvalue weighted by Gasteiger charge is 2.31. The molecule has 114 valence electrons. The number of nitrogens with two attached hydrogens (primary N) is 1. The Kier molecular flexibility index (Phi) is 4.50. The fraction of sp³-hybridized carbons (Fsp3) is 0.562. The van der Waals surface area contributed by atoms with Gasteiger partial charge in [0.2, 0.25) is 5.91 Å². The number of hydrogen-bond donors (Lipinski definition) is 2. The number of halogens is 1. The molecule has 2 fully saturated rings. The molecule has 2 aliphatic rings. The maximum absolute atomic E-state index is 11.3. The fourth-order valence-corrected chi connectivity index (χ4v) is 3.64. The predicted octanol–water partition coefficient (Wildman–Crippen LogP) is 2.52. The number of amides is 1. The van der Waals surface area contributed by atoms with E-state index in [9.17, 15) is 4.79 Å². The van der Waals surface area contributed by atoms with Crippen molar-refractivity contribution in [1.29, 1.82) is 0 Å². The molecule has 3 N–H and O–H groups in total. The Labute approximate surface area is 134 Å². The van der Waals surface area contributed by atoms with Crippen molar-refractivity contribution in [3.63, 3.8) is 0 Å². The van der Waals surface area contributed by atoms with Crippen LogP contribution in [0.25, 0.3) is 0 Å². The number of anilines is 1. The minimum atomic E-state index is -0.384. The summed E-state index contributed by atoms with van der Waals surface area (Å²) in [4.78, 5) is 13.9. The molecule has 21 heavy (non-hydrogen) atoms. The van der Waals surface area contributed by atoms with E-state index in [1.807, 2.05) is 18.2 Å². The number of piperidine rings is 1. The molecule has 4 nitrogen and oxygen atoms in total. The Hall–Kier alpha value is -1.07. The first-order valence-corrected chi connectivity index (χ1v) is 8.51. The van der Waals surface area contributed by atoms with E-state index in [0.29, 0.717) is 11.6 Å². The van der Waals surface area contributed by atoms with Gasteiger partial charge in [0.25, 0.3) is 0 Å². The van der Waals surface area contributed by atoms with Gasteiger partial charge in [0.05, 0.1) is 5.56 Å². The Morgan fingerprint density at radius 2 is 2.00 bits per heavy atom. The quantitative estimate of drug-likeness (QED) is 0.856. The molecule has 0 unspecified atom stereocenters. The van der Waals surface area contributed by atoms with Crippen LogP contribution in [0, 0.1) is 5.92 Å². The summed E-state index contributed by atoms with van der Waals surface area (Å²) < 4.78 is 0.795. The van der Waals surface area contributed by atoms with Crippen LogP contribution in [-0.4, -0.2) is 31.6 Å². The Balaban J connectivity index is 1.77. The minimum Gasteiger partial charge on any atom is -0.368 e. The van der Waals surface area contributed by atoms with Crippen LogP contribution in [0.15, 0.2) is 22.7 Å². The third kappa shape index (κ3) is 3.58. The van der Waals surface area contributed by atoms with Crippen LogP contribution in [0.5, 0.6) is 0 Å². The number of nitrogens with zero attached hydrogens (tertiary/aromatic N) is 1. The average Bonchev–Trinajstić information content (AvgIpc) is 3.30. The highest BCUT2D eigenvalue weighted by Crippen LogP contribution is 2.35. The summed E-state index contributed by atoms with van der Waals surface area (Å²) in [5, 5.41) is 3.42. The maximum Gasteiger partial charge on any atom is 0.249 e. The number of hydrogen-bond acceptors (Lipinski definition) is 3. The second-order valence-corrected chi connectivity index (χ2v) is 6.96. The summed E-state index contributed by atoms with van der Waals surface area (Å²) in [5.74, 6) is 0.381. The zero-order valence-corrected chi connectivity index (χ0v) is 13.7. The van der Waals surface area contributed by atoms with Crippen LogP contribution in [0.3, 0.4) is 0 Å². The van der Waals surface area contributed by atoms with Gasteiger partial charge in [0, 0.05) is 22.7 Å². The molecule has 1 saturated heterocycles. The molecule has 0 atom stereocenters. The van der Waals surface area contributed by atoms with Crippen molar-refractivity contribution in [3.8, 4) is 0 Å². The Morgan fingerprint density at radius 3 is 2.57 bits per heavy atom. The number of carbonyl (C=O) groups is 1. The first kappa shape index (κ1) is 14.9. The highest BCUT2D eigenvalue weighted by atomic mass is 79.9. The minimum absolute atomic E-state index is 0.384. The monoisotopic (exact) mass is 351 g/mol. The molecule has 1 aliphatic carbocycles. The number of benzene rings is 1. The van der Waals surface area contributed by atoms with E-state index in [4.69, 9.17) is 5.73 Å². The standard InChI is InChI=1S/C16H22BrN3O/c17-15-9-13(3-4-14(15)16(18)21)20(12-1-2-12)10-11-5-7-19-8-6-11/h3-4,9,11-12,19H,1-2,5-8,10H2,(H2,18,21). The number of primary amides is 1. The van der Waals surface area contributed by atoms with Gasteiger partial charge < -0.3 is 16.0 Å². The lowest BCUT2D eigenvalue weighted by Gasteiger charge is -2.32. The molecule has 1 aromatic carbocycles. The molecular formula is C16H22BrN3O. The lowest BCUT2D eigenvalue weighted by atomic mass is 9.97. The van der Waals surface area contributed by atoms with E-state index in [2.05, 4.69) is 26.1 Å². The first-order valence-electron chi connectivity index (χ1n) is 7.72. The van der Waals surface area contributed by atoms with Crippen molar-refractivity contribution in [2.24, 2.45) is 11.7 Å². The van der Waals surface area contributed by atoms with Gasteiger partial charge >= 0.3 is 0 Å². The predicted molar refractivity (Wildman–Crippen MR) is 88.6 cm³/mol. The smallest absolute Gasteiger partial charge is 0.249 e. The molecular weight excluding hydrogens is 330 g/mol. The number of carbonyl (C=O) groups excluding carboxylic acids is 1. The highest BCUT2D eigenvalue weighted by molar-refractivity contribution is 9.10. The van der Waals surface area contributed by atoms with E-state index in [1.54, 1.807) is 0 Å². The van der Waals surface area contributed by atoms with E-state index in [1.165, 1.54) is 31.4 Å². The van der Waals surface area contributed by atoms with E-state index in [-0.39, 0.29) is 5.91 Å². The van der Waals surface area contributed by atoms with Crippen molar-refractivity contribution in [2.75, 3.05) is 24.5 Å². The van der Waals surface area contributed by atoms with Crippen molar-refractivity contribution >= 4 is 27.5 Å². The molecule has 1 aliphatic heterocycles. The van der Waals surface area contributed by atoms with Crippen LogP contribution >= 0.6 is 15.9 Å². The zero-order valence-electron chi connectivity index (χ0n) is 12.1. The van der Waals surface area contributed by atoms with Gasteiger partial charge in [-0.2, -0.15) is 0 Å². The number of nitrogens with one attached hydrogen (secondary N) is 1. The summed E-state index contributed by atoms with van der Waals surface area (Å²) in [6, 6.07) is 6.58. The molecule has 0 bridgehead atoms. The van der Waals surface area contributed by atoms with Gasteiger partial charge in [-0.1, -0.05) is 0 Å². The molecule has 5 heteroatoms. The Morgan fingerprint density at radius 1 is 1.29 bits per heavy atom. The lowest BCUT2D eigenvalue weighted by molar-refractivity contribution is 0.0999. The van der Waals surface area contributed by atoms with E-state index in [0.717, 1.165) is 30.0 Å². The normalized spacial score (nSPS) is 19.5. The number of rotatable bonds is 5. The van der Waals surface area contributed by atoms with Gasteiger partial charge in [-0.25, -0.2) is 0 Å². The van der Waals surface area contributed by atoms with Gasteiger partial charge in [0.15, 0.2) is 0 Å². The van der Waals surface area contributed by atoms with Crippen molar-refractivity contribution in [3.05, 3.63) is 28.2 Å².